The van der Waals surface area contributed by atoms with E-state index in [9.17, 15) is 13.2 Å². The highest BCUT2D eigenvalue weighted by atomic mass is 19.4. The Bertz CT molecular complexity index is 354. The van der Waals surface area contributed by atoms with Crippen LogP contribution in [0.2, 0.25) is 0 Å². The van der Waals surface area contributed by atoms with Crippen molar-refractivity contribution < 1.29 is 13.2 Å². The summed E-state index contributed by atoms with van der Waals surface area (Å²) >= 11 is 0. The zero-order chi connectivity index (χ0) is 9.47. The first-order valence-corrected chi connectivity index (χ1v) is 3.80. The summed E-state index contributed by atoms with van der Waals surface area (Å²) in [5.74, 6) is 0. The molecular formula is C10H6F3-. The van der Waals surface area contributed by atoms with E-state index in [0.717, 1.165) is 12.1 Å². The van der Waals surface area contributed by atoms with Gasteiger partial charge in [-0.05, 0) is 0 Å². The van der Waals surface area contributed by atoms with Gasteiger partial charge in [-0.2, -0.15) is 37.4 Å². The van der Waals surface area contributed by atoms with Crippen molar-refractivity contribution in [3.8, 4) is 11.1 Å². The van der Waals surface area contributed by atoms with E-state index in [1.165, 1.54) is 0 Å². The SMILES string of the molecule is FC(F)(F)c1cc2cc[cH-]cc-2c1. The van der Waals surface area contributed by atoms with Crippen LogP contribution in [0.4, 0.5) is 13.2 Å². The highest BCUT2D eigenvalue weighted by molar-refractivity contribution is 5.69. The number of hydrogen-bond acceptors (Lipinski definition) is 0. The van der Waals surface area contributed by atoms with Crippen molar-refractivity contribution in [2.75, 3.05) is 0 Å². The molecule has 0 saturated carbocycles. The standard InChI is InChI=1S/C10H6F3/c11-10(12,13)9-5-7-3-1-2-4-8(7)6-9/h1-6H/q-1. The molecule has 2 aliphatic rings. The van der Waals surface area contributed by atoms with Crippen molar-refractivity contribution in [2.45, 2.75) is 6.18 Å². The largest absolute Gasteiger partial charge is 0.415 e. The highest BCUT2D eigenvalue weighted by Crippen LogP contribution is 2.36. The van der Waals surface area contributed by atoms with Crippen LogP contribution in [0.3, 0.4) is 0 Å². The van der Waals surface area contributed by atoms with E-state index in [-0.39, 0.29) is 0 Å². The van der Waals surface area contributed by atoms with Gasteiger partial charge in [0.1, 0.15) is 0 Å². The second-order valence-electron chi connectivity index (χ2n) is 2.87. The van der Waals surface area contributed by atoms with Gasteiger partial charge in [0.2, 0.25) is 0 Å². The Labute approximate surface area is 73.3 Å². The molecule has 0 bridgehead atoms. The number of rotatable bonds is 0. The molecule has 0 unspecified atom stereocenters. The average Bonchev–Trinajstić information content (AvgIpc) is 2.45. The smallest absolute Gasteiger partial charge is 0.172 e. The molecule has 0 spiro atoms. The molecule has 0 amide bonds. The van der Waals surface area contributed by atoms with E-state index in [4.69, 9.17) is 0 Å². The second kappa shape index (κ2) is 2.55. The van der Waals surface area contributed by atoms with Crippen LogP contribution in [0, 0.1) is 0 Å². The molecule has 0 aromatic rings. The molecule has 13 heavy (non-hydrogen) atoms. The van der Waals surface area contributed by atoms with Crippen molar-refractivity contribution in [2.24, 2.45) is 0 Å². The maximum absolute atomic E-state index is 12.2. The van der Waals surface area contributed by atoms with E-state index in [2.05, 4.69) is 0 Å². The first-order valence-electron chi connectivity index (χ1n) is 3.80. The summed E-state index contributed by atoms with van der Waals surface area (Å²) in [7, 11) is 0. The molecule has 0 radical (unpaired) electrons. The normalized spacial score (nSPS) is 12.2. The molecular weight excluding hydrogens is 177 g/mol. The first-order chi connectivity index (χ1) is 6.07. The lowest BCUT2D eigenvalue weighted by atomic mass is 10.1. The van der Waals surface area contributed by atoms with Gasteiger partial charge in [0.05, 0.1) is 0 Å². The summed E-state index contributed by atoms with van der Waals surface area (Å²) in [6.07, 6.45) is -4.24. The number of hydrogen-bond donors (Lipinski definition) is 0. The van der Waals surface area contributed by atoms with Crippen molar-refractivity contribution in [3.63, 3.8) is 0 Å². The second-order valence-corrected chi connectivity index (χ2v) is 2.87. The molecule has 3 heteroatoms. The van der Waals surface area contributed by atoms with Gasteiger partial charge in [0.15, 0.2) is 0 Å². The van der Waals surface area contributed by atoms with Crippen molar-refractivity contribution in [3.05, 3.63) is 42.0 Å². The Balaban J connectivity index is 2.58. The topological polar surface area (TPSA) is 0 Å². The van der Waals surface area contributed by atoms with Crippen LogP contribution >= 0.6 is 0 Å². The fourth-order valence-electron chi connectivity index (χ4n) is 1.31. The van der Waals surface area contributed by atoms with Crippen LogP contribution in [0.5, 0.6) is 0 Å². The Hall–Kier alpha value is -1.38. The van der Waals surface area contributed by atoms with Crippen molar-refractivity contribution in [1.82, 2.24) is 0 Å². The third kappa shape index (κ3) is 1.41. The van der Waals surface area contributed by atoms with Crippen molar-refractivity contribution >= 4 is 0 Å². The molecule has 2 rings (SSSR count). The van der Waals surface area contributed by atoms with Gasteiger partial charge in [0.25, 0.3) is 0 Å². The van der Waals surface area contributed by atoms with E-state index in [1.54, 1.807) is 24.3 Å². The van der Waals surface area contributed by atoms with E-state index < -0.39 is 11.7 Å². The number of alkyl halides is 3. The van der Waals surface area contributed by atoms with Crippen LogP contribution in [-0.4, -0.2) is 0 Å². The minimum absolute atomic E-state index is 0.575. The quantitative estimate of drug-likeness (QED) is 0.548. The van der Waals surface area contributed by atoms with Gasteiger partial charge in [-0.15, -0.1) is 11.1 Å². The molecule has 0 aliphatic heterocycles. The summed E-state index contributed by atoms with van der Waals surface area (Å²) < 4.78 is 36.7. The predicted octanol–water partition coefficient (Wildman–Crippen LogP) is 3.53. The molecule has 0 aromatic heterocycles. The summed E-state index contributed by atoms with van der Waals surface area (Å²) in [6.45, 7) is 0. The van der Waals surface area contributed by atoms with Crippen LogP contribution in [0.15, 0.2) is 36.4 Å². The monoisotopic (exact) mass is 183 g/mol. The van der Waals surface area contributed by atoms with E-state index in [1.807, 2.05) is 0 Å². The summed E-state index contributed by atoms with van der Waals surface area (Å²) in [5.41, 5.74) is 0.693. The third-order valence-electron chi connectivity index (χ3n) is 1.95. The molecule has 0 fully saturated rings. The zero-order valence-corrected chi connectivity index (χ0v) is 6.60. The van der Waals surface area contributed by atoms with Crippen LogP contribution in [0.1, 0.15) is 5.56 Å². The molecule has 68 valence electrons. The van der Waals surface area contributed by atoms with Crippen LogP contribution in [0.25, 0.3) is 11.1 Å². The van der Waals surface area contributed by atoms with E-state index >= 15 is 0 Å². The number of halogens is 3. The maximum Gasteiger partial charge on any atom is 0.415 e. The lowest BCUT2D eigenvalue weighted by Gasteiger charge is -2.02. The summed E-state index contributed by atoms with van der Waals surface area (Å²) in [4.78, 5) is 0. The Kier molecular flexibility index (Phi) is 1.62. The van der Waals surface area contributed by atoms with Crippen molar-refractivity contribution in [1.29, 1.82) is 0 Å². The predicted molar refractivity (Wildman–Crippen MR) is 43.7 cm³/mol. The Morgan fingerprint density at radius 3 is 2.38 bits per heavy atom. The van der Waals surface area contributed by atoms with Gasteiger partial charge in [-0.25, -0.2) is 0 Å². The van der Waals surface area contributed by atoms with Crippen LogP contribution in [-0.2, 0) is 6.18 Å². The minimum Gasteiger partial charge on any atom is -0.172 e. The van der Waals surface area contributed by atoms with E-state index in [0.29, 0.717) is 11.1 Å². The molecule has 0 saturated heterocycles. The lowest BCUT2D eigenvalue weighted by Crippen LogP contribution is -2.01. The Morgan fingerprint density at radius 1 is 1.08 bits per heavy atom. The molecule has 0 aromatic carbocycles. The highest BCUT2D eigenvalue weighted by Gasteiger charge is 2.30. The van der Waals surface area contributed by atoms with Gasteiger partial charge >= 0.3 is 6.18 Å². The number of benzene rings is 1. The molecule has 0 nitrogen and oxygen atoms in total. The summed E-state index contributed by atoms with van der Waals surface area (Å²) in [6, 6.07) is 9.12. The van der Waals surface area contributed by atoms with Gasteiger partial charge in [-0.3, -0.25) is 0 Å². The third-order valence-corrected chi connectivity index (χ3v) is 1.95. The zero-order valence-electron chi connectivity index (χ0n) is 6.60. The molecule has 0 heterocycles. The fourth-order valence-corrected chi connectivity index (χ4v) is 1.31. The maximum atomic E-state index is 12.2. The molecule has 0 atom stereocenters. The Morgan fingerprint density at radius 2 is 1.77 bits per heavy atom. The molecule has 2 aliphatic carbocycles. The number of fused-ring (bicyclic) bond motifs is 1. The fraction of sp³-hybridized carbons (Fsp3) is 0.100. The van der Waals surface area contributed by atoms with Gasteiger partial charge in [-0.1, -0.05) is 12.1 Å². The van der Waals surface area contributed by atoms with Gasteiger partial charge in [0, 0.05) is 5.56 Å². The molecule has 0 N–H and O–H groups in total. The summed E-state index contributed by atoms with van der Waals surface area (Å²) in [5, 5.41) is 0. The minimum atomic E-state index is -4.24. The lowest BCUT2D eigenvalue weighted by molar-refractivity contribution is -0.137. The van der Waals surface area contributed by atoms with Gasteiger partial charge < -0.3 is 0 Å². The van der Waals surface area contributed by atoms with Crippen LogP contribution < -0.4 is 0 Å². The first kappa shape index (κ1) is 8.23. The average molecular weight is 183 g/mol.